The number of rotatable bonds is 4. The summed E-state index contributed by atoms with van der Waals surface area (Å²) in [7, 11) is 0. The highest BCUT2D eigenvalue weighted by molar-refractivity contribution is 6.30. The van der Waals surface area contributed by atoms with Gasteiger partial charge < -0.3 is 15.2 Å². The van der Waals surface area contributed by atoms with Gasteiger partial charge in [0.1, 0.15) is 0 Å². The lowest BCUT2D eigenvalue weighted by Crippen LogP contribution is -2.29. The SMILES string of the molecule is Cl.O=C(NCC1=CCNCC1)c1cc(-c2cccc(Cl)c2)on1. The Hall–Kier alpha value is -1.82. The zero-order valence-corrected chi connectivity index (χ0v) is 13.9. The molecule has 1 amide bonds. The van der Waals surface area contributed by atoms with E-state index >= 15 is 0 Å². The van der Waals surface area contributed by atoms with Gasteiger partial charge in [0.15, 0.2) is 11.5 Å². The van der Waals surface area contributed by atoms with Gasteiger partial charge in [0.2, 0.25) is 0 Å². The van der Waals surface area contributed by atoms with Crippen LogP contribution in [0.2, 0.25) is 5.02 Å². The third kappa shape index (κ3) is 4.58. The van der Waals surface area contributed by atoms with E-state index in [0.717, 1.165) is 25.1 Å². The minimum atomic E-state index is -0.239. The molecule has 1 aliphatic rings. The fourth-order valence-corrected chi connectivity index (χ4v) is 2.46. The van der Waals surface area contributed by atoms with E-state index in [2.05, 4.69) is 21.9 Å². The Kier molecular flexibility index (Phi) is 6.21. The molecule has 0 saturated heterocycles. The van der Waals surface area contributed by atoms with Crippen molar-refractivity contribution in [2.75, 3.05) is 19.6 Å². The van der Waals surface area contributed by atoms with Crippen molar-refractivity contribution in [3.63, 3.8) is 0 Å². The first-order valence-electron chi connectivity index (χ1n) is 7.12. The van der Waals surface area contributed by atoms with Crippen molar-refractivity contribution in [2.24, 2.45) is 0 Å². The molecule has 122 valence electrons. The molecule has 2 heterocycles. The van der Waals surface area contributed by atoms with Crippen molar-refractivity contribution in [3.8, 4) is 11.3 Å². The molecule has 0 saturated carbocycles. The number of hydrogen-bond acceptors (Lipinski definition) is 4. The highest BCUT2D eigenvalue weighted by atomic mass is 35.5. The molecule has 0 bridgehead atoms. The Labute approximate surface area is 145 Å². The second-order valence-electron chi connectivity index (χ2n) is 5.09. The van der Waals surface area contributed by atoms with Gasteiger partial charge >= 0.3 is 0 Å². The van der Waals surface area contributed by atoms with Crippen LogP contribution < -0.4 is 10.6 Å². The van der Waals surface area contributed by atoms with Gasteiger partial charge in [-0.1, -0.05) is 40.5 Å². The lowest BCUT2D eigenvalue weighted by molar-refractivity contribution is 0.0947. The van der Waals surface area contributed by atoms with Crippen LogP contribution >= 0.6 is 24.0 Å². The van der Waals surface area contributed by atoms with E-state index in [1.54, 1.807) is 18.2 Å². The first-order valence-corrected chi connectivity index (χ1v) is 7.49. The minimum Gasteiger partial charge on any atom is -0.355 e. The Balaban J connectivity index is 0.00000192. The molecule has 5 nitrogen and oxygen atoms in total. The summed E-state index contributed by atoms with van der Waals surface area (Å²) in [6.07, 6.45) is 3.05. The molecule has 3 rings (SSSR count). The van der Waals surface area contributed by atoms with Crippen molar-refractivity contribution in [1.82, 2.24) is 15.8 Å². The Bertz CT molecular complexity index is 713. The molecule has 0 aliphatic carbocycles. The summed E-state index contributed by atoms with van der Waals surface area (Å²) in [5, 5.41) is 10.5. The van der Waals surface area contributed by atoms with Crippen molar-refractivity contribution in [1.29, 1.82) is 0 Å². The maximum Gasteiger partial charge on any atom is 0.273 e. The van der Waals surface area contributed by atoms with E-state index in [4.69, 9.17) is 16.1 Å². The number of aromatic nitrogens is 1. The average molecular weight is 354 g/mol. The van der Waals surface area contributed by atoms with Crippen LogP contribution in [0.15, 0.2) is 46.5 Å². The first kappa shape index (κ1) is 17.5. The summed E-state index contributed by atoms with van der Waals surface area (Å²) in [6.45, 7) is 2.35. The molecule has 2 N–H and O–H groups in total. The van der Waals surface area contributed by atoms with Crippen LogP contribution in [-0.2, 0) is 0 Å². The smallest absolute Gasteiger partial charge is 0.273 e. The van der Waals surface area contributed by atoms with Gasteiger partial charge in [0, 0.05) is 29.7 Å². The van der Waals surface area contributed by atoms with Crippen LogP contribution in [0.25, 0.3) is 11.3 Å². The van der Waals surface area contributed by atoms with Crippen LogP contribution in [-0.4, -0.2) is 30.7 Å². The van der Waals surface area contributed by atoms with Gasteiger partial charge in [-0.05, 0) is 25.1 Å². The van der Waals surface area contributed by atoms with Crippen LogP contribution in [0.3, 0.4) is 0 Å². The zero-order valence-electron chi connectivity index (χ0n) is 12.3. The summed E-state index contributed by atoms with van der Waals surface area (Å²) >= 11 is 5.95. The van der Waals surface area contributed by atoms with E-state index in [9.17, 15) is 4.79 Å². The summed E-state index contributed by atoms with van der Waals surface area (Å²) in [4.78, 5) is 12.1. The van der Waals surface area contributed by atoms with E-state index in [1.807, 2.05) is 12.1 Å². The molecule has 23 heavy (non-hydrogen) atoms. The minimum absolute atomic E-state index is 0. The number of halogens is 2. The molecular weight excluding hydrogens is 337 g/mol. The largest absolute Gasteiger partial charge is 0.355 e. The van der Waals surface area contributed by atoms with Gasteiger partial charge in [-0.2, -0.15) is 0 Å². The molecule has 1 aromatic carbocycles. The van der Waals surface area contributed by atoms with Crippen LogP contribution in [0.4, 0.5) is 0 Å². The fraction of sp³-hybridized carbons (Fsp3) is 0.250. The predicted octanol–water partition coefficient (Wildman–Crippen LogP) is 3.07. The summed E-state index contributed by atoms with van der Waals surface area (Å²) < 4.78 is 5.22. The van der Waals surface area contributed by atoms with Crippen molar-refractivity contribution < 1.29 is 9.32 Å². The van der Waals surface area contributed by atoms with Crippen molar-refractivity contribution in [2.45, 2.75) is 6.42 Å². The third-order valence-corrected chi connectivity index (χ3v) is 3.72. The predicted molar refractivity (Wildman–Crippen MR) is 92.1 cm³/mol. The van der Waals surface area contributed by atoms with Crippen molar-refractivity contribution in [3.05, 3.63) is 52.7 Å². The van der Waals surface area contributed by atoms with E-state index < -0.39 is 0 Å². The number of carbonyl (C=O) groups is 1. The summed E-state index contributed by atoms with van der Waals surface area (Å²) in [5.74, 6) is 0.283. The highest BCUT2D eigenvalue weighted by Gasteiger charge is 2.14. The Morgan fingerprint density at radius 3 is 3.00 bits per heavy atom. The number of carbonyl (C=O) groups excluding carboxylic acids is 1. The standard InChI is InChI=1S/C16H16ClN3O2.ClH/c17-13-3-1-2-12(8-13)15-9-14(20-22-15)16(21)19-10-11-4-6-18-7-5-11;/h1-4,8-9,18H,5-7,10H2,(H,19,21);1H. The lowest BCUT2D eigenvalue weighted by atomic mass is 10.1. The molecule has 0 radical (unpaired) electrons. The van der Waals surface area contributed by atoms with Gasteiger partial charge in [-0.15, -0.1) is 12.4 Å². The molecule has 1 aromatic heterocycles. The molecule has 0 atom stereocenters. The summed E-state index contributed by atoms with van der Waals surface area (Å²) in [6, 6.07) is 8.85. The van der Waals surface area contributed by atoms with Gasteiger partial charge in [0.25, 0.3) is 5.91 Å². The number of amides is 1. The first-order chi connectivity index (χ1) is 10.7. The molecule has 0 unspecified atom stereocenters. The van der Waals surface area contributed by atoms with Crippen LogP contribution in [0.1, 0.15) is 16.9 Å². The topological polar surface area (TPSA) is 67.2 Å². The lowest BCUT2D eigenvalue weighted by Gasteiger charge is -2.13. The second kappa shape index (κ2) is 8.15. The molecule has 2 aromatic rings. The molecular formula is C16H17Cl2N3O2. The van der Waals surface area contributed by atoms with Gasteiger partial charge in [-0.25, -0.2) is 0 Å². The molecule has 0 spiro atoms. The number of nitrogens with one attached hydrogen (secondary N) is 2. The second-order valence-corrected chi connectivity index (χ2v) is 5.52. The fourth-order valence-electron chi connectivity index (χ4n) is 2.27. The zero-order chi connectivity index (χ0) is 15.4. The monoisotopic (exact) mass is 353 g/mol. The maximum absolute atomic E-state index is 12.1. The highest BCUT2D eigenvalue weighted by Crippen LogP contribution is 2.23. The number of nitrogens with zero attached hydrogens (tertiary/aromatic N) is 1. The van der Waals surface area contributed by atoms with E-state index in [0.29, 0.717) is 17.3 Å². The van der Waals surface area contributed by atoms with E-state index in [1.165, 1.54) is 5.57 Å². The van der Waals surface area contributed by atoms with E-state index in [-0.39, 0.29) is 24.0 Å². The van der Waals surface area contributed by atoms with Gasteiger partial charge in [-0.3, -0.25) is 4.79 Å². The van der Waals surface area contributed by atoms with Crippen molar-refractivity contribution >= 4 is 29.9 Å². The summed E-state index contributed by atoms with van der Waals surface area (Å²) in [5.41, 5.74) is 2.29. The Morgan fingerprint density at radius 1 is 1.39 bits per heavy atom. The third-order valence-electron chi connectivity index (χ3n) is 3.49. The average Bonchev–Trinajstić information content (AvgIpc) is 3.04. The van der Waals surface area contributed by atoms with Crippen LogP contribution in [0, 0.1) is 0 Å². The maximum atomic E-state index is 12.1. The molecule has 7 heteroatoms. The van der Waals surface area contributed by atoms with Gasteiger partial charge in [0.05, 0.1) is 0 Å². The van der Waals surface area contributed by atoms with Crippen LogP contribution in [0.5, 0.6) is 0 Å². The quantitative estimate of drug-likeness (QED) is 0.829. The normalized spacial score (nSPS) is 13.9. The molecule has 0 fully saturated rings. The Morgan fingerprint density at radius 2 is 2.26 bits per heavy atom. The number of hydrogen-bond donors (Lipinski definition) is 2. The number of benzene rings is 1. The molecule has 1 aliphatic heterocycles.